The van der Waals surface area contributed by atoms with Gasteiger partial charge in [-0.1, -0.05) is 43.5 Å². The number of ether oxygens (including phenoxy) is 2. The van der Waals surface area contributed by atoms with Crippen LogP contribution in [0.15, 0.2) is 18.2 Å². The van der Waals surface area contributed by atoms with Crippen LogP contribution >= 0.6 is 23.2 Å². The molecule has 6 rings (SSSR count). The largest absolute Gasteiger partial charge is 0.462 e. The standard InChI is InChI=1S/C25H32Cl2N2O3/c1-15-4-3-7-24(2)13-20-21(22-25(15,24)32-22)17(23(30)31-20)14-28-8-10-29(11-9-28)16-5-6-18(26)19(27)12-16/h5-6,12,15,17,20-22H,3-4,7-11,13-14H2,1-2H3/t15-,17?,20+,21+,22-,24+,25-/m0/s1. The van der Waals surface area contributed by atoms with Crippen LogP contribution in [0, 0.1) is 23.2 Å². The molecule has 7 heteroatoms. The number of rotatable bonds is 3. The fraction of sp³-hybridized carbons (Fsp3) is 0.720. The molecule has 3 aliphatic heterocycles. The van der Waals surface area contributed by atoms with Gasteiger partial charge in [-0.2, -0.15) is 0 Å². The maximum Gasteiger partial charge on any atom is 0.311 e. The Labute approximate surface area is 200 Å². The lowest BCUT2D eigenvalue weighted by molar-refractivity contribution is -0.146. The van der Waals surface area contributed by atoms with Gasteiger partial charge in [-0.3, -0.25) is 9.69 Å². The van der Waals surface area contributed by atoms with Gasteiger partial charge < -0.3 is 14.4 Å². The maximum atomic E-state index is 13.0. The number of piperazine rings is 1. The van der Waals surface area contributed by atoms with E-state index in [9.17, 15) is 4.79 Å². The van der Waals surface area contributed by atoms with E-state index in [0.29, 0.717) is 16.0 Å². The second-order valence-corrected chi connectivity index (χ2v) is 11.7. The van der Waals surface area contributed by atoms with E-state index in [1.54, 1.807) is 0 Å². The number of halogens is 2. The number of carbonyl (C=O) groups excluding carboxylic acids is 1. The second-order valence-electron chi connectivity index (χ2n) is 10.9. The summed E-state index contributed by atoms with van der Waals surface area (Å²) in [6, 6.07) is 5.82. The molecule has 32 heavy (non-hydrogen) atoms. The van der Waals surface area contributed by atoms with E-state index in [2.05, 4.69) is 23.6 Å². The summed E-state index contributed by atoms with van der Waals surface area (Å²) in [5, 5.41) is 1.17. The van der Waals surface area contributed by atoms with Gasteiger partial charge in [0, 0.05) is 49.7 Å². The van der Waals surface area contributed by atoms with E-state index in [-0.39, 0.29) is 41.0 Å². The quantitative estimate of drug-likeness (QED) is 0.467. The van der Waals surface area contributed by atoms with Crippen molar-refractivity contribution in [3.05, 3.63) is 28.2 Å². The van der Waals surface area contributed by atoms with Crippen molar-refractivity contribution in [2.45, 2.75) is 57.3 Å². The van der Waals surface area contributed by atoms with Crippen molar-refractivity contribution < 1.29 is 14.3 Å². The summed E-state index contributed by atoms with van der Waals surface area (Å²) in [7, 11) is 0. The number of anilines is 1. The summed E-state index contributed by atoms with van der Waals surface area (Å²) in [6.45, 7) is 9.17. The highest BCUT2D eigenvalue weighted by molar-refractivity contribution is 6.42. The lowest BCUT2D eigenvalue weighted by Gasteiger charge is -2.49. The molecule has 2 aliphatic carbocycles. The average molecular weight is 479 g/mol. The van der Waals surface area contributed by atoms with Crippen molar-refractivity contribution in [1.29, 1.82) is 0 Å². The zero-order valence-electron chi connectivity index (χ0n) is 18.9. The van der Waals surface area contributed by atoms with E-state index in [4.69, 9.17) is 32.7 Å². The van der Waals surface area contributed by atoms with Gasteiger partial charge in [-0.25, -0.2) is 0 Å². The smallest absolute Gasteiger partial charge is 0.311 e. The SMILES string of the molecule is C[C@H]1CCC[C@]2(C)C[C@H]3OC(=O)C(CN4CCN(c5ccc(Cl)c(Cl)c5)CC4)[C@H]3[C@@H]3O[C@@]132. The van der Waals surface area contributed by atoms with Gasteiger partial charge >= 0.3 is 5.97 Å². The number of epoxide rings is 1. The predicted molar refractivity (Wildman–Crippen MR) is 125 cm³/mol. The molecule has 2 saturated carbocycles. The molecular weight excluding hydrogens is 447 g/mol. The third kappa shape index (κ3) is 3.07. The van der Waals surface area contributed by atoms with Gasteiger partial charge in [-0.15, -0.1) is 0 Å². The molecule has 1 aromatic carbocycles. The molecule has 0 bridgehead atoms. The Morgan fingerprint density at radius 3 is 2.69 bits per heavy atom. The van der Waals surface area contributed by atoms with Gasteiger partial charge in [0.15, 0.2) is 0 Å². The minimum atomic E-state index is -0.0698. The van der Waals surface area contributed by atoms with Gasteiger partial charge in [0.05, 0.1) is 22.1 Å². The Morgan fingerprint density at radius 2 is 1.94 bits per heavy atom. The number of carbonyl (C=O) groups is 1. The lowest BCUT2D eigenvalue weighted by Crippen LogP contribution is -2.55. The Morgan fingerprint density at radius 1 is 1.16 bits per heavy atom. The molecule has 0 amide bonds. The topological polar surface area (TPSA) is 45.3 Å². The molecule has 0 N–H and O–H groups in total. The van der Waals surface area contributed by atoms with Crippen molar-refractivity contribution in [2.75, 3.05) is 37.6 Å². The van der Waals surface area contributed by atoms with Gasteiger partial charge in [0.2, 0.25) is 0 Å². The minimum absolute atomic E-state index is 0.00698. The normalized spacial score (nSPS) is 43.3. The molecule has 3 heterocycles. The van der Waals surface area contributed by atoms with Gasteiger partial charge in [0.25, 0.3) is 0 Å². The molecule has 5 nitrogen and oxygen atoms in total. The van der Waals surface area contributed by atoms with Crippen molar-refractivity contribution >= 4 is 34.9 Å². The predicted octanol–water partition coefficient (Wildman–Crippen LogP) is 4.64. The van der Waals surface area contributed by atoms with E-state index in [0.717, 1.165) is 44.8 Å². The van der Waals surface area contributed by atoms with Crippen LogP contribution < -0.4 is 4.90 Å². The highest BCUT2D eigenvalue weighted by Gasteiger charge is 2.78. The first-order chi connectivity index (χ1) is 15.3. The zero-order chi connectivity index (χ0) is 22.3. The Hall–Kier alpha value is -1.01. The van der Waals surface area contributed by atoms with Crippen LogP contribution in [0.5, 0.6) is 0 Å². The van der Waals surface area contributed by atoms with Crippen LogP contribution in [-0.4, -0.2) is 61.4 Å². The van der Waals surface area contributed by atoms with Crippen molar-refractivity contribution in [3.8, 4) is 0 Å². The lowest BCUT2D eigenvalue weighted by atomic mass is 9.53. The molecule has 174 valence electrons. The number of fused-ring (bicyclic) bond motifs is 2. The molecule has 1 unspecified atom stereocenters. The Balaban J connectivity index is 1.13. The maximum absolute atomic E-state index is 13.0. The van der Waals surface area contributed by atoms with Crippen LogP contribution in [-0.2, 0) is 14.3 Å². The van der Waals surface area contributed by atoms with Crippen LogP contribution in [0.2, 0.25) is 10.0 Å². The second kappa shape index (κ2) is 7.49. The van der Waals surface area contributed by atoms with Crippen LogP contribution in [0.4, 0.5) is 5.69 Å². The molecule has 5 aliphatic rings. The van der Waals surface area contributed by atoms with E-state index >= 15 is 0 Å². The first-order valence-electron chi connectivity index (χ1n) is 12.1. The highest BCUT2D eigenvalue weighted by atomic mass is 35.5. The average Bonchev–Trinajstić information content (AvgIpc) is 3.45. The Kier molecular flexibility index (Phi) is 5.04. The number of nitrogens with zero attached hydrogens (tertiary/aromatic N) is 2. The fourth-order valence-electron chi connectivity index (χ4n) is 7.59. The summed E-state index contributed by atoms with van der Waals surface area (Å²) in [5.41, 5.74) is 1.23. The fourth-order valence-corrected chi connectivity index (χ4v) is 7.88. The number of hydrogen-bond donors (Lipinski definition) is 0. The summed E-state index contributed by atoms with van der Waals surface area (Å²) in [6.07, 6.45) is 4.87. The molecule has 1 aromatic rings. The van der Waals surface area contributed by atoms with E-state index in [1.807, 2.05) is 18.2 Å². The van der Waals surface area contributed by atoms with Crippen molar-refractivity contribution in [3.63, 3.8) is 0 Å². The molecule has 3 saturated heterocycles. The molecule has 0 radical (unpaired) electrons. The van der Waals surface area contributed by atoms with E-state index < -0.39 is 0 Å². The number of hydrogen-bond acceptors (Lipinski definition) is 5. The van der Waals surface area contributed by atoms with Crippen LogP contribution in [0.3, 0.4) is 0 Å². The van der Waals surface area contributed by atoms with E-state index in [1.165, 1.54) is 19.3 Å². The van der Waals surface area contributed by atoms with Gasteiger partial charge in [0.1, 0.15) is 11.7 Å². The summed E-state index contributed by atoms with van der Waals surface area (Å²) in [4.78, 5) is 17.7. The monoisotopic (exact) mass is 478 g/mol. The molecular formula is C25H32Cl2N2O3. The molecule has 5 fully saturated rings. The van der Waals surface area contributed by atoms with Crippen LogP contribution in [0.25, 0.3) is 0 Å². The first kappa shape index (κ1) is 21.5. The zero-order valence-corrected chi connectivity index (χ0v) is 20.4. The van der Waals surface area contributed by atoms with Crippen molar-refractivity contribution in [2.24, 2.45) is 23.2 Å². The van der Waals surface area contributed by atoms with Gasteiger partial charge in [-0.05, 0) is 43.4 Å². The minimum Gasteiger partial charge on any atom is -0.462 e. The third-order valence-electron chi connectivity index (χ3n) is 9.29. The summed E-state index contributed by atoms with van der Waals surface area (Å²) in [5.74, 6) is 0.703. The molecule has 7 atom stereocenters. The first-order valence-corrected chi connectivity index (χ1v) is 12.9. The molecule has 1 spiro atoms. The number of benzene rings is 1. The summed E-state index contributed by atoms with van der Waals surface area (Å²) < 4.78 is 12.6. The third-order valence-corrected chi connectivity index (χ3v) is 10.0. The van der Waals surface area contributed by atoms with Crippen molar-refractivity contribution in [1.82, 2.24) is 4.90 Å². The summed E-state index contributed by atoms with van der Waals surface area (Å²) >= 11 is 12.3. The number of esters is 1. The Bertz CT molecular complexity index is 936. The highest BCUT2D eigenvalue weighted by Crippen LogP contribution is 2.70. The molecule has 0 aromatic heterocycles. The van der Waals surface area contributed by atoms with Crippen LogP contribution in [0.1, 0.15) is 39.5 Å².